The second-order valence-electron chi connectivity index (χ2n) is 4.44. The molecule has 106 valence electrons. The Balaban J connectivity index is 2.41. The molecule has 0 saturated heterocycles. The molecular weight excluding hydrogens is 321 g/mol. The van der Waals surface area contributed by atoms with Crippen LogP contribution in [-0.2, 0) is 0 Å². The fraction of sp³-hybridized carbons (Fsp3) is 0.250. The number of hydrogen-bond acceptors (Lipinski definition) is 2. The first-order chi connectivity index (χ1) is 9.65. The van der Waals surface area contributed by atoms with E-state index in [1.165, 1.54) is 6.07 Å². The highest BCUT2D eigenvalue weighted by molar-refractivity contribution is 9.10. The Labute approximate surface area is 127 Å². The van der Waals surface area contributed by atoms with Crippen LogP contribution in [0, 0.1) is 5.82 Å². The number of halogens is 2. The quantitative estimate of drug-likeness (QED) is 0.878. The van der Waals surface area contributed by atoms with Crippen LogP contribution >= 0.6 is 15.9 Å². The molecule has 0 radical (unpaired) electrons. The summed E-state index contributed by atoms with van der Waals surface area (Å²) in [4.78, 5) is 0. The summed E-state index contributed by atoms with van der Waals surface area (Å²) >= 11 is 3.24. The molecule has 0 aromatic heterocycles. The van der Waals surface area contributed by atoms with Gasteiger partial charge in [-0.3, -0.25) is 0 Å². The number of hydrogen-bond donors (Lipinski definition) is 1. The Kier molecular flexibility index (Phi) is 5.15. The standard InChI is InChI=1S/C16H17BrFNO/c1-3-19-16(11-5-4-6-13(9-11)20-2)12-7-8-15(18)14(17)10-12/h4-10,16,19H,3H2,1-2H3. The molecule has 20 heavy (non-hydrogen) atoms. The fourth-order valence-electron chi connectivity index (χ4n) is 2.15. The second-order valence-corrected chi connectivity index (χ2v) is 5.30. The molecule has 2 nitrogen and oxygen atoms in total. The zero-order valence-electron chi connectivity index (χ0n) is 11.5. The highest BCUT2D eigenvalue weighted by atomic mass is 79.9. The molecule has 0 amide bonds. The Morgan fingerprint density at radius 2 is 1.95 bits per heavy atom. The maximum Gasteiger partial charge on any atom is 0.137 e. The van der Waals surface area contributed by atoms with Crippen molar-refractivity contribution in [2.75, 3.05) is 13.7 Å². The number of methoxy groups -OCH3 is 1. The summed E-state index contributed by atoms with van der Waals surface area (Å²) in [5.74, 6) is 0.557. The molecule has 0 aliphatic rings. The lowest BCUT2D eigenvalue weighted by atomic mass is 9.98. The minimum Gasteiger partial charge on any atom is -0.497 e. The van der Waals surface area contributed by atoms with E-state index in [9.17, 15) is 4.39 Å². The van der Waals surface area contributed by atoms with Gasteiger partial charge in [-0.25, -0.2) is 4.39 Å². The third-order valence-corrected chi connectivity index (χ3v) is 3.72. The van der Waals surface area contributed by atoms with E-state index < -0.39 is 0 Å². The molecule has 0 bridgehead atoms. The summed E-state index contributed by atoms with van der Waals surface area (Å²) in [6.45, 7) is 2.86. The van der Waals surface area contributed by atoms with Gasteiger partial charge in [0.05, 0.1) is 17.6 Å². The maximum atomic E-state index is 13.4. The van der Waals surface area contributed by atoms with Gasteiger partial charge in [0.25, 0.3) is 0 Å². The van der Waals surface area contributed by atoms with Crippen LogP contribution in [0.3, 0.4) is 0 Å². The van der Waals surface area contributed by atoms with Gasteiger partial charge in [-0.15, -0.1) is 0 Å². The summed E-state index contributed by atoms with van der Waals surface area (Å²) in [5, 5.41) is 3.41. The van der Waals surface area contributed by atoms with Crippen LogP contribution in [-0.4, -0.2) is 13.7 Å². The van der Waals surface area contributed by atoms with Gasteiger partial charge >= 0.3 is 0 Å². The van der Waals surface area contributed by atoms with Crippen LogP contribution in [0.2, 0.25) is 0 Å². The molecule has 1 atom stereocenters. The van der Waals surface area contributed by atoms with Crippen LogP contribution in [0.4, 0.5) is 4.39 Å². The van der Waals surface area contributed by atoms with Gasteiger partial charge < -0.3 is 10.1 Å². The molecule has 1 N–H and O–H groups in total. The Morgan fingerprint density at radius 1 is 1.20 bits per heavy atom. The van der Waals surface area contributed by atoms with Crippen molar-refractivity contribution in [1.29, 1.82) is 0 Å². The Hall–Kier alpha value is -1.39. The average Bonchev–Trinajstić information content (AvgIpc) is 2.48. The van der Waals surface area contributed by atoms with Crippen LogP contribution in [0.1, 0.15) is 24.1 Å². The lowest BCUT2D eigenvalue weighted by Crippen LogP contribution is -2.22. The maximum absolute atomic E-state index is 13.4. The minimum atomic E-state index is -0.255. The highest BCUT2D eigenvalue weighted by Gasteiger charge is 2.15. The lowest BCUT2D eigenvalue weighted by Gasteiger charge is -2.20. The lowest BCUT2D eigenvalue weighted by molar-refractivity contribution is 0.413. The smallest absolute Gasteiger partial charge is 0.137 e. The van der Waals surface area contributed by atoms with Gasteiger partial charge in [-0.05, 0) is 57.9 Å². The van der Waals surface area contributed by atoms with Gasteiger partial charge in [0.15, 0.2) is 0 Å². The second kappa shape index (κ2) is 6.86. The third kappa shape index (κ3) is 3.38. The molecule has 0 heterocycles. The monoisotopic (exact) mass is 337 g/mol. The van der Waals surface area contributed by atoms with Crippen LogP contribution in [0.15, 0.2) is 46.9 Å². The predicted molar refractivity (Wildman–Crippen MR) is 82.6 cm³/mol. The summed E-state index contributed by atoms with van der Waals surface area (Å²) in [5.41, 5.74) is 2.10. The van der Waals surface area contributed by atoms with Gasteiger partial charge in [0, 0.05) is 0 Å². The number of nitrogens with one attached hydrogen (secondary N) is 1. The van der Waals surface area contributed by atoms with Crippen LogP contribution < -0.4 is 10.1 Å². The molecular formula is C16H17BrFNO. The largest absolute Gasteiger partial charge is 0.497 e. The van der Waals surface area contributed by atoms with E-state index >= 15 is 0 Å². The third-order valence-electron chi connectivity index (χ3n) is 3.11. The average molecular weight is 338 g/mol. The molecule has 0 aliphatic heterocycles. The predicted octanol–water partition coefficient (Wildman–Crippen LogP) is 4.30. The van der Waals surface area contributed by atoms with Crippen molar-refractivity contribution < 1.29 is 9.13 Å². The summed E-state index contributed by atoms with van der Waals surface area (Å²) in [6, 6.07) is 13.0. The van der Waals surface area contributed by atoms with Crippen molar-refractivity contribution in [2.24, 2.45) is 0 Å². The van der Waals surface area contributed by atoms with Crippen molar-refractivity contribution in [3.8, 4) is 5.75 Å². The molecule has 0 saturated carbocycles. The Bertz CT molecular complexity index is 588. The van der Waals surface area contributed by atoms with Gasteiger partial charge in [0.1, 0.15) is 11.6 Å². The van der Waals surface area contributed by atoms with Gasteiger partial charge in [-0.2, -0.15) is 0 Å². The fourth-order valence-corrected chi connectivity index (χ4v) is 2.54. The molecule has 2 rings (SSSR count). The molecule has 4 heteroatoms. The first kappa shape index (κ1) is 15.0. The topological polar surface area (TPSA) is 21.3 Å². The number of ether oxygens (including phenoxy) is 1. The van der Waals surface area contributed by atoms with E-state index in [-0.39, 0.29) is 11.9 Å². The van der Waals surface area contributed by atoms with Crippen LogP contribution in [0.5, 0.6) is 5.75 Å². The van der Waals surface area contributed by atoms with Crippen LogP contribution in [0.25, 0.3) is 0 Å². The molecule has 0 aliphatic carbocycles. The van der Waals surface area contributed by atoms with Crippen molar-refractivity contribution in [1.82, 2.24) is 5.32 Å². The number of rotatable bonds is 5. The zero-order valence-corrected chi connectivity index (χ0v) is 13.1. The highest BCUT2D eigenvalue weighted by Crippen LogP contribution is 2.28. The summed E-state index contributed by atoms with van der Waals surface area (Å²) in [7, 11) is 1.65. The van der Waals surface area contributed by atoms with Crippen molar-refractivity contribution >= 4 is 15.9 Å². The minimum absolute atomic E-state index is 0.00648. The van der Waals surface area contributed by atoms with E-state index in [1.54, 1.807) is 13.2 Å². The molecule has 0 fully saturated rings. The summed E-state index contributed by atoms with van der Waals surface area (Å²) in [6.07, 6.45) is 0. The zero-order chi connectivity index (χ0) is 14.5. The first-order valence-corrected chi connectivity index (χ1v) is 7.27. The Morgan fingerprint density at radius 3 is 2.60 bits per heavy atom. The first-order valence-electron chi connectivity index (χ1n) is 6.48. The van der Waals surface area contributed by atoms with Crippen molar-refractivity contribution in [2.45, 2.75) is 13.0 Å². The van der Waals surface area contributed by atoms with E-state index in [4.69, 9.17) is 4.74 Å². The SMILES string of the molecule is CCNC(c1cccc(OC)c1)c1ccc(F)c(Br)c1. The molecule has 2 aromatic carbocycles. The molecule has 1 unspecified atom stereocenters. The van der Waals surface area contributed by atoms with Gasteiger partial charge in [0.2, 0.25) is 0 Å². The van der Waals surface area contributed by atoms with Crippen molar-refractivity contribution in [3.63, 3.8) is 0 Å². The summed E-state index contributed by atoms with van der Waals surface area (Å²) < 4.78 is 19.1. The van der Waals surface area contributed by atoms with Gasteiger partial charge in [-0.1, -0.05) is 25.1 Å². The van der Waals surface area contributed by atoms with E-state index in [2.05, 4.69) is 21.2 Å². The van der Waals surface area contributed by atoms with E-state index in [0.29, 0.717) is 4.47 Å². The van der Waals surface area contributed by atoms with Crippen molar-refractivity contribution in [3.05, 3.63) is 63.9 Å². The molecule has 2 aromatic rings. The van der Waals surface area contributed by atoms with E-state index in [0.717, 1.165) is 23.4 Å². The molecule has 0 spiro atoms. The normalized spacial score (nSPS) is 12.2. The number of benzene rings is 2. The van der Waals surface area contributed by atoms with E-state index in [1.807, 2.05) is 37.3 Å².